The molecule has 1 N–H and O–H groups in total. The number of rotatable bonds is 3. The molecule has 26 heavy (non-hydrogen) atoms. The van der Waals surface area contributed by atoms with E-state index in [1.807, 2.05) is 23.1 Å². The minimum atomic E-state index is -0.0641. The Morgan fingerprint density at radius 2 is 2.00 bits per heavy atom. The summed E-state index contributed by atoms with van der Waals surface area (Å²) >= 11 is 7.59. The van der Waals surface area contributed by atoms with Crippen molar-refractivity contribution in [1.29, 1.82) is 0 Å². The molecule has 0 saturated carbocycles. The van der Waals surface area contributed by atoms with Crippen molar-refractivity contribution in [2.45, 2.75) is 32.1 Å². The summed E-state index contributed by atoms with van der Waals surface area (Å²) in [6.07, 6.45) is 4.58. The Balaban J connectivity index is 1.44. The molecule has 6 heteroatoms. The molecule has 0 spiro atoms. The van der Waals surface area contributed by atoms with E-state index in [1.54, 1.807) is 23.5 Å². The van der Waals surface area contributed by atoms with Crippen LogP contribution < -0.4 is 5.32 Å². The molecule has 1 saturated heterocycles. The molecule has 0 unspecified atom stereocenters. The highest BCUT2D eigenvalue weighted by Crippen LogP contribution is 2.34. The minimum Gasteiger partial charge on any atom is -0.338 e. The van der Waals surface area contributed by atoms with Crippen molar-refractivity contribution in [3.05, 3.63) is 50.7 Å². The van der Waals surface area contributed by atoms with Crippen LogP contribution in [0.5, 0.6) is 0 Å². The maximum absolute atomic E-state index is 12.6. The maximum atomic E-state index is 12.6. The summed E-state index contributed by atoms with van der Waals surface area (Å²) in [5.74, 6) is 0.115. The zero-order valence-electron chi connectivity index (χ0n) is 14.5. The molecule has 136 valence electrons. The number of amides is 2. The Hall–Kier alpha value is -1.85. The zero-order chi connectivity index (χ0) is 18.1. The molecular weight excluding hydrogens is 368 g/mol. The van der Waals surface area contributed by atoms with E-state index in [0.29, 0.717) is 11.4 Å². The van der Waals surface area contributed by atoms with Gasteiger partial charge in [-0.3, -0.25) is 9.59 Å². The molecule has 4 nitrogen and oxygen atoms in total. The van der Waals surface area contributed by atoms with Gasteiger partial charge < -0.3 is 10.2 Å². The first kappa shape index (κ1) is 17.6. The fourth-order valence-corrected chi connectivity index (χ4v) is 5.11. The van der Waals surface area contributed by atoms with E-state index in [2.05, 4.69) is 5.32 Å². The second-order valence-corrected chi connectivity index (χ2v) is 8.57. The van der Waals surface area contributed by atoms with Crippen LogP contribution in [0.15, 0.2) is 30.3 Å². The number of nitrogens with zero attached hydrogens (tertiary/aromatic N) is 1. The molecule has 1 aromatic carbocycles. The fraction of sp³-hybridized carbons (Fsp3) is 0.400. The molecule has 1 aliphatic carbocycles. The van der Waals surface area contributed by atoms with Crippen molar-refractivity contribution < 1.29 is 9.59 Å². The van der Waals surface area contributed by atoms with Crippen molar-refractivity contribution in [2.75, 3.05) is 18.4 Å². The summed E-state index contributed by atoms with van der Waals surface area (Å²) in [6, 6.07) is 9.22. The lowest BCUT2D eigenvalue weighted by Gasteiger charge is -2.21. The third-order valence-electron chi connectivity index (χ3n) is 5.15. The highest BCUT2D eigenvalue weighted by molar-refractivity contribution is 7.14. The standard InChI is InChI=1S/C20H21ClN2O2S/c21-15-4-3-5-16(12-15)22-19(24)13-6-7-17-14(10-13)11-18(26-17)20(25)23-8-1-2-9-23/h3-5,11-13H,1-2,6-10H2,(H,22,24)/t13-/m1/s1. The van der Waals surface area contributed by atoms with E-state index in [0.717, 1.165) is 54.9 Å². The third-order valence-corrected chi connectivity index (χ3v) is 6.61. The molecule has 2 aromatic rings. The summed E-state index contributed by atoms with van der Waals surface area (Å²) in [7, 11) is 0. The lowest BCUT2D eigenvalue weighted by atomic mass is 9.87. The van der Waals surface area contributed by atoms with Gasteiger partial charge in [0.25, 0.3) is 5.91 Å². The van der Waals surface area contributed by atoms with Gasteiger partial charge in [0.2, 0.25) is 5.91 Å². The number of anilines is 1. The SMILES string of the molecule is O=C(Nc1cccc(Cl)c1)[C@@H]1CCc2sc(C(=O)N3CCCC3)cc2C1. The van der Waals surface area contributed by atoms with Crippen molar-refractivity contribution in [1.82, 2.24) is 4.90 Å². The predicted octanol–water partition coefficient (Wildman–Crippen LogP) is 4.38. The topological polar surface area (TPSA) is 49.4 Å². The van der Waals surface area contributed by atoms with Crippen molar-refractivity contribution in [3.8, 4) is 0 Å². The number of hydrogen-bond acceptors (Lipinski definition) is 3. The van der Waals surface area contributed by atoms with Crippen LogP contribution >= 0.6 is 22.9 Å². The zero-order valence-corrected chi connectivity index (χ0v) is 16.0. The number of hydrogen-bond donors (Lipinski definition) is 1. The van der Waals surface area contributed by atoms with Gasteiger partial charge in [-0.2, -0.15) is 0 Å². The van der Waals surface area contributed by atoms with Gasteiger partial charge in [0.15, 0.2) is 0 Å². The number of benzene rings is 1. The van der Waals surface area contributed by atoms with Gasteiger partial charge in [-0.25, -0.2) is 0 Å². The Kier molecular flexibility index (Phi) is 5.00. The smallest absolute Gasteiger partial charge is 0.263 e. The van der Waals surface area contributed by atoms with Crippen molar-refractivity contribution >= 4 is 40.4 Å². The van der Waals surface area contributed by atoms with E-state index in [4.69, 9.17) is 11.6 Å². The second-order valence-electron chi connectivity index (χ2n) is 7.00. The number of halogens is 1. The average Bonchev–Trinajstić information content (AvgIpc) is 3.30. The van der Waals surface area contributed by atoms with E-state index in [1.165, 1.54) is 4.88 Å². The number of likely N-dealkylation sites (tertiary alicyclic amines) is 1. The highest BCUT2D eigenvalue weighted by atomic mass is 35.5. The molecule has 0 bridgehead atoms. The number of carbonyl (C=O) groups is 2. The summed E-state index contributed by atoms with van der Waals surface area (Å²) in [6.45, 7) is 1.73. The van der Waals surface area contributed by atoms with Gasteiger partial charge in [-0.05, 0) is 61.9 Å². The molecule has 4 rings (SSSR count). The first-order valence-corrected chi connectivity index (χ1v) is 10.3. The summed E-state index contributed by atoms with van der Waals surface area (Å²) in [5.41, 5.74) is 1.89. The first-order chi connectivity index (χ1) is 12.6. The Morgan fingerprint density at radius 3 is 2.77 bits per heavy atom. The quantitative estimate of drug-likeness (QED) is 0.848. The monoisotopic (exact) mass is 388 g/mol. The van der Waals surface area contributed by atoms with E-state index < -0.39 is 0 Å². The average molecular weight is 389 g/mol. The Bertz CT molecular complexity index is 842. The number of thiophene rings is 1. The van der Waals surface area contributed by atoms with Gasteiger partial charge in [-0.15, -0.1) is 11.3 Å². The number of carbonyl (C=O) groups excluding carboxylic acids is 2. The van der Waals surface area contributed by atoms with Crippen LogP contribution in [0.1, 0.15) is 39.4 Å². The molecule has 2 aliphatic rings. The van der Waals surface area contributed by atoms with Crippen LogP contribution in [0, 0.1) is 5.92 Å². The number of nitrogens with one attached hydrogen (secondary N) is 1. The lowest BCUT2D eigenvalue weighted by Crippen LogP contribution is -2.27. The van der Waals surface area contributed by atoms with Gasteiger partial charge in [0.05, 0.1) is 4.88 Å². The molecule has 1 aromatic heterocycles. The van der Waals surface area contributed by atoms with Crippen LogP contribution in [-0.2, 0) is 17.6 Å². The summed E-state index contributed by atoms with van der Waals surface area (Å²) in [5, 5.41) is 3.57. The van der Waals surface area contributed by atoms with Crippen LogP contribution in [0.3, 0.4) is 0 Å². The van der Waals surface area contributed by atoms with E-state index in [-0.39, 0.29) is 17.7 Å². The van der Waals surface area contributed by atoms with Gasteiger partial charge in [0.1, 0.15) is 0 Å². The second kappa shape index (κ2) is 7.41. The van der Waals surface area contributed by atoms with Gasteiger partial charge in [0, 0.05) is 34.6 Å². The van der Waals surface area contributed by atoms with Gasteiger partial charge >= 0.3 is 0 Å². The largest absolute Gasteiger partial charge is 0.338 e. The lowest BCUT2D eigenvalue weighted by molar-refractivity contribution is -0.120. The number of aryl methyl sites for hydroxylation is 1. The predicted molar refractivity (Wildman–Crippen MR) is 105 cm³/mol. The van der Waals surface area contributed by atoms with Gasteiger partial charge in [-0.1, -0.05) is 17.7 Å². The minimum absolute atomic E-state index is 0.0246. The Labute approximate surface area is 162 Å². The fourth-order valence-electron chi connectivity index (χ4n) is 3.74. The third kappa shape index (κ3) is 3.64. The van der Waals surface area contributed by atoms with Crippen LogP contribution in [-0.4, -0.2) is 29.8 Å². The van der Waals surface area contributed by atoms with Crippen LogP contribution in [0.2, 0.25) is 5.02 Å². The first-order valence-electron chi connectivity index (χ1n) is 9.07. The molecule has 2 amide bonds. The molecule has 0 radical (unpaired) electrons. The molecule has 1 atom stereocenters. The summed E-state index contributed by atoms with van der Waals surface area (Å²) < 4.78 is 0. The molecule has 1 aliphatic heterocycles. The summed E-state index contributed by atoms with van der Waals surface area (Å²) in [4.78, 5) is 29.2. The molecule has 2 heterocycles. The van der Waals surface area contributed by atoms with Crippen LogP contribution in [0.25, 0.3) is 0 Å². The Morgan fingerprint density at radius 1 is 1.19 bits per heavy atom. The van der Waals surface area contributed by atoms with Crippen LogP contribution in [0.4, 0.5) is 5.69 Å². The molecule has 1 fully saturated rings. The normalized spacial score (nSPS) is 19.3. The van der Waals surface area contributed by atoms with E-state index >= 15 is 0 Å². The van der Waals surface area contributed by atoms with Crippen molar-refractivity contribution in [2.24, 2.45) is 5.92 Å². The highest BCUT2D eigenvalue weighted by Gasteiger charge is 2.29. The van der Waals surface area contributed by atoms with Crippen molar-refractivity contribution in [3.63, 3.8) is 0 Å². The van der Waals surface area contributed by atoms with E-state index in [9.17, 15) is 9.59 Å². The molecular formula is C20H21ClN2O2S. The maximum Gasteiger partial charge on any atom is 0.263 e. The number of fused-ring (bicyclic) bond motifs is 1.